The van der Waals surface area contributed by atoms with E-state index < -0.39 is 0 Å². The van der Waals surface area contributed by atoms with Crippen molar-refractivity contribution in [3.8, 4) is 6.07 Å². The molecule has 3 heteroatoms. The summed E-state index contributed by atoms with van der Waals surface area (Å²) in [5, 5.41) is 9.35. The molecule has 0 saturated heterocycles. The molecule has 0 spiro atoms. The second kappa shape index (κ2) is 8.39. The maximum atomic E-state index is 9.35. The Kier molecular flexibility index (Phi) is 5.88. The second-order valence-corrected chi connectivity index (χ2v) is 11.3. The molecule has 0 fully saturated rings. The standard InChI is InChI=1S/C30H34N2O/c1-19(2)27-17-22(26(18-31)32-7)16-23(33-27)9-8-20-14-24-28-21(10-12-29(24,3)4)11-13-30(5,6)25(28)15-20/h8-9,14-17,19,21H,10-13H2,1-6H3/b9-8+,26-22-. The predicted octanol–water partition coefficient (Wildman–Crippen LogP) is 8.08. The fourth-order valence-electron chi connectivity index (χ4n) is 5.48. The minimum Gasteiger partial charge on any atom is -0.462 e. The summed E-state index contributed by atoms with van der Waals surface area (Å²) in [6, 6.07) is 6.76. The van der Waals surface area contributed by atoms with Gasteiger partial charge in [0.25, 0.3) is 5.70 Å². The molecule has 0 aromatic heterocycles. The highest BCUT2D eigenvalue weighted by Crippen LogP contribution is 2.53. The number of rotatable bonds is 3. The summed E-state index contributed by atoms with van der Waals surface area (Å²) in [5.74, 6) is 2.29. The molecule has 1 aromatic carbocycles. The van der Waals surface area contributed by atoms with E-state index in [1.165, 1.54) is 42.4 Å². The van der Waals surface area contributed by atoms with Gasteiger partial charge in [-0.25, -0.2) is 10.1 Å². The number of hydrogen-bond acceptors (Lipinski definition) is 2. The maximum absolute atomic E-state index is 9.35. The molecule has 0 amide bonds. The van der Waals surface area contributed by atoms with Crippen LogP contribution in [0.25, 0.3) is 10.9 Å². The first-order valence-electron chi connectivity index (χ1n) is 12.1. The Morgan fingerprint density at radius 2 is 1.70 bits per heavy atom. The van der Waals surface area contributed by atoms with Gasteiger partial charge in [-0.15, -0.1) is 0 Å². The number of hydrogen-bond donors (Lipinski definition) is 0. The average Bonchev–Trinajstić information content (AvgIpc) is 2.77. The fourth-order valence-corrected chi connectivity index (χ4v) is 5.48. The number of benzene rings is 1. The van der Waals surface area contributed by atoms with Crippen molar-refractivity contribution in [2.24, 2.45) is 5.92 Å². The van der Waals surface area contributed by atoms with Crippen LogP contribution in [0.4, 0.5) is 0 Å². The van der Waals surface area contributed by atoms with Crippen LogP contribution in [-0.4, -0.2) is 0 Å². The molecule has 3 nitrogen and oxygen atoms in total. The molecule has 2 aliphatic carbocycles. The molecule has 0 radical (unpaired) electrons. The third kappa shape index (κ3) is 4.30. The average molecular weight is 439 g/mol. The molecule has 0 unspecified atom stereocenters. The quantitative estimate of drug-likeness (QED) is 0.353. The van der Waals surface area contributed by atoms with Gasteiger partial charge < -0.3 is 4.74 Å². The Morgan fingerprint density at radius 1 is 1.09 bits per heavy atom. The lowest BCUT2D eigenvalue weighted by Crippen LogP contribution is -2.34. The van der Waals surface area contributed by atoms with E-state index in [0.29, 0.717) is 17.3 Å². The highest BCUT2D eigenvalue weighted by atomic mass is 16.5. The van der Waals surface area contributed by atoms with Crippen LogP contribution in [0.2, 0.25) is 0 Å². The first-order valence-corrected chi connectivity index (χ1v) is 12.1. The Morgan fingerprint density at radius 3 is 2.21 bits per heavy atom. The van der Waals surface area contributed by atoms with Crippen LogP contribution >= 0.6 is 0 Å². The summed E-state index contributed by atoms with van der Waals surface area (Å²) in [4.78, 5) is 3.39. The van der Waals surface area contributed by atoms with Crippen molar-refractivity contribution in [3.05, 3.63) is 86.8 Å². The van der Waals surface area contributed by atoms with E-state index in [2.05, 4.69) is 64.6 Å². The van der Waals surface area contributed by atoms with Crippen molar-refractivity contribution in [2.75, 3.05) is 0 Å². The Hall–Kier alpha value is -3.04. The smallest absolute Gasteiger partial charge is 0.269 e. The molecule has 1 heterocycles. The molecule has 1 aromatic rings. The normalized spacial score (nSPS) is 22.6. The molecule has 170 valence electrons. The summed E-state index contributed by atoms with van der Waals surface area (Å²) in [6.45, 7) is 21.0. The van der Waals surface area contributed by atoms with Crippen LogP contribution in [0.5, 0.6) is 0 Å². The van der Waals surface area contributed by atoms with Crippen molar-refractivity contribution in [1.82, 2.24) is 0 Å². The maximum Gasteiger partial charge on any atom is 0.269 e. The van der Waals surface area contributed by atoms with Gasteiger partial charge in [-0.3, -0.25) is 0 Å². The topological polar surface area (TPSA) is 37.4 Å². The number of nitrogens with zero attached hydrogens (tertiary/aromatic N) is 2. The molecular formula is C30H34N2O. The second-order valence-electron chi connectivity index (χ2n) is 11.3. The molecule has 3 aliphatic rings. The molecule has 33 heavy (non-hydrogen) atoms. The largest absolute Gasteiger partial charge is 0.462 e. The zero-order valence-corrected chi connectivity index (χ0v) is 20.7. The van der Waals surface area contributed by atoms with Gasteiger partial charge >= 0.3 is 0 Å². The van der Waals surface area contributed by atoms with E-state index in [1.807, 2.05) is 18.2 Å². The van der Waals surface area contributed by atoms with Crippen LogP contribution in [0, 0.1) is 23.8 Å². The SMILES string of the molecule is [C-]#[N+]/C(C#N)=C1C=C(/C=C/c2cc3c4c(c2)C(C)(C)CCC4CCC3(C)C)OC(C(C)C)=C/1. The van der Waals surface area contributed by atoms with Crippen LogP contribution in [-0.2, 0) is 15.6 Å². The van der Waals surface area contributed by atoms with E-state index >= 15 is 0 Å². The van der Waals surface area contributed by atoms with E-state index in [9.17, 15) is 5.26 Å². The molecular weight excluding hydrogens is 404 g/mol. The monoisotopic (exact) mass is 438 g/mol. The first kappa shape index (κ1) is 23.1. The summed E-state index contributed by atoms with van der Waals surface area (Å²) in [7, 11) is 0. The Bertz CT molecular complexity index is 1130. The third-order valence-electron chi connectivity index (χ3n) is 7.64. The number of ether oxygens (including phenoxy) is 1. The summed E-state index contributed by atoms with van der Waals surface area (Å²) in [5.41, 5.74) is 6.88. The lowest BCUT2D eigenvalue weighted by atomic mass is 9.59. The minimum absolute atomic E-state index is 0.0927. The van der Waals surface area contributed by atoms with Gasteiger partial charge in [0.2, 0.25) is 0 Å². The van der Waals surface area contributed by atoms with Crippen LogP contribution in [0.1, 0.15) is 95.4 Å². The van der Waals surface area contributed by atoms with Crippen molar-refractivity contribution in [3.63, 3.8) is 0 Å². The first-order chi connectivity index (χ1) is 15.6. The van der Waals surface area contributed by atoms with Crippen molar-refractivity contribution < 1.29 is 4.74 Å². The summed E-state index contributed by atoms with van der Waals surface area (Å²) < 4.78 is 6.11. The van der Waals surface area contributed by atoms with Crippen molar-refractivity contribution >= 4 is 6.08 Å². The summed E-state index contributed by atoms with van der Waals surface area (Å²) in [6.07, 6.45) is 12.8. The minimum atomic E-state index is 0.0927. The van der Waals surface area contributed by atoms with Crippen molar-refractivity contribution in [2.45, 2.75) is 84.0 Å². The van der Waals surface area contributed by atoms with E-state index in [4.69, 9.17) is 11.3 Å². The third-order valence-corrected chi connectivity index (χ3v) is 7.64. The number of nitriles is 1. The predicted molar refractivity (Wildman–Crippen MR) is 134 cm³/mol. The molecule has 0 saturated carbocycles. The van der Waals surface area contributed by atoms with Crippen LogP contribution in [0.3, 0.4) is 0 Å². The van der Waals surface area contributed by atoms with Gasteiger partial charge in [0.15, 0.2) is 0 Å². The highest BCUT2D eigenvalue weighted by molar-refractivity contribution is 5.62. The van der Waals surface area contributed by atoms with Gasteiger partial charge in [-0.1, -0.05) is 59.8 Å². The zero-order chi connectivity index (χ0) is 24.0. The Labute approximate surface area is 199 Å². The molecule has 4 rings (SSSR count). The van der Waals surface area contributed by atoms with Gasteiger partial charge in [-0.05, 0) is 88.5 Å². The van der Waals surface area contributed by atoms with Crippen molar-refractivity contribution in [1.29, 1.82) is 5.26 Å². The van der Waals surface area contributed by atoms with E-state index in [0.717, 1.165) is 5.76 Å². The van der Waals surface area contributed by atoms with Gasteiger partial charge in [0.05, 0.1) is 12.6 Å². The molecule has 1 aliphatic heterocycles. The van der Waals surface area contributed by atoms with E-state index in [1.54, 1.807) is 11.6 Å². The molecule has 0 bridgehead atoms. The van der Waals surface area contributed by atoms with Gasteiger partial charge in [0.1, 0.15) is 11.5 Å². The fraction of sp³-hybridized carbons (Fsp3) is 0.467. The highest BCUT2D eigenvalue weighted by Gasteiger charge is 2.40. The van der Waals surface area contributed by atoms with E-state index in [-0.39, 0.29) is 22.4 Å². The van der Waals surface area contributed by atoms with Gasteiger partial charge in [0, 0.05) is 5.92 Å². The summed E-state index contributed by atoms with van der Waals surface area (Å²) >= 11 is 0. The molecule has 0 N–H and O–H groups in total. The van der Waals surface area contributed by atoms with Crippen LogP contribution in [0.15, 0.2) is 53.1 Å². The lowest BCUT2D eigenvalue weighted by molar-refractivity contribution is 0.275. The van der Waals surface area contributed by atoms with Gasteiger partial charge in [-0.2, -0.15) is 0 Å². The Balaban J connectivity index is 1.78. The lowest BCUT2D eigenvalue weighted by Gasteiger charge is -2.45. The van der Waals surface area contributed by atoms with Crippen LogP contribution < -0.4 is 0 Å². The molecule has 0 atom stereocenters. The number of allylic oxidation sites excluding steroid dienone is 6. The zero-order valence-electron chi connectivity index (χ0n) is 20.7.